The van der Waals surface area contributed by atoms with Crippen LogP contribution in [0.15, 0.2) is 18.5 Å². The Balaban J connectivity index is 1.84. The summed E-state index contributed by atoms with van der Waals surface area (Å²) < 4.78 is 1.88. The van der Waals surface area contributed by atoms with E-state index in [2.05, 4.69) is 22.4 Å². The van der Waals surface area contributed by atoms with E-state index in [4.69, 9.17) is 0 Å². The fourth-order valence-corrected chi connectivity index (χ4v) is 3.21. The van der Waals surface area contributed by atoms with Crippen molar-refractivity contribution in [2.45, 2.75) is 18.4 Å². The van der Waals surface area contributed by atoms with E-state index in [0.717, 1.165) is 52.1 Å². The first-order valence-electron chi connectivity index (χ1n) is 7.41. The lowest BCUT2D eigenvalue weighted by Gasteiger charge is -2.42. The lowest BCUT2D eigenvalue weighted by atomic mass is 9.86. The van der Waals surface area contributed by atoms with E-state index in [1.807, 2.05) is 21.8 Å². The van der Waals surface area contributed by atoms with Gasteiger partial charge in [-0.05, 0) is 39.0 Å². The summed E-state index contributed by atoms with van der Waals surface area (Å²) in [6, 6.07) is 1.90. The monoisotopic (exact) mass is 277 g/mol. The highest BCUT2D eigenvalue weighted by molar-refractivity contribution is 5.84. The Bertz CT molecular complexity index is 444. The minimum Gasteiger partial charge on any atom is -0.338 e. The lowest BCUT2D eigenvalue weighted by molar-refractivity contribution is -0.144. The van der Waals surface area contributed by atoms with E-state index in [0.29, 0.717) is 0 Å². The number of nitrogens with zero attached hydrogens (tertiary/aromatic N) is 4. The van der Waals surface area contributed by atoms with Gasteiger partial charge in [0.2, 0.25) is 0 Å². The van der Waals surface area contributed by atoms with Crippen molar-refractivity contribution in [1.82, 2.24) is 24.9 Å². The average molecular weight is 277 g/mol. The minimum atomic E-state index is -0.481. The molecule has 1 amide bonds. The van der Waals surface area contributed by atoms with Crippen molar-refractivity contribution in [1.29, 1.82) is 0 Å². The van der Waals surface area contributed by atoms with Crippen LogP contribution >= 0.6 is 0 Å². The maximum Gasteiger partial charge on any atom is 0.250 e. The molecule has 0 saturated carbocycles. The molecule has 20 heavy (non-hydrogen) atoms. The Kier molecular flexibility index (Phi) is 3.76. The molecule has 3 heterocycles. The van der Waals surface area contributed by atoms with E-state index in [9.17, 15) is 4.79 Å². The molecule has 0 spiro atoms. The molecule has 2 fully saturated rings. The number of amides is 1. The number of hydrogen-bond acceptors (Lipinski definition) is 4. The molecule has 0 aliphatic carbocycles. The van der Waals surface area contributed by atoms with Gasteiger partial charge in [-0.15, -0.1) is 0 Å². The van der Waals surface area contributed by atoms with Crippen molar-refractivity contribution in [3.8, 4) is 0 Å². The maximum absolute atomic E-state index is 13.1. The third-order valence-electron chi connectivity index (χ3n) is 4.56. The summed E-state index contributed by atoms with van der Waals surface area (Å²) in [4.78, 5) is 17.4. The Morgan fingerprint density at radius 3 is 2.50 bits per heavy atom. The normalized spacial score (nSPS) is 23.8. The molecular weight excluding hydrogens is 254 g/mol. The number of carbonyl (C=O) groups is 1. The van der Waals surface area contributed by atoms with Crippen LogP contribution in [0.5, 0.6) is 0 Å². The molecule has 0 unspecified atom stereocenters. The molecule has 110 valence electrons. The standard InChI is InChI=1S/C14H23N5O/c1-17-9-11-18(12-10-17)13(20)14(3-6-15-7-4-14)19-8-2-5-16-19/h2,5,8,15H,3-4,6-7,9-12H2,1H3. The van der Waals surface area contributed by atoms with Gasteiger partial charge in [0.15, 0.2) is 0 Å². The zero-order chi connectivity index (χ0) is 14.0. The second-order valence-electron chi connectivity index (χ2n) is 5.83. The summed E-state index contributed by atoms with van der Waals surface area (Å²) in [6.45, 7) is 5.31. The van der Waals surface area contributed by atoms with Crippen LogP contribution in [0.1, 0.15) is 12.8 Å². The van der Waals surface area contributed by atoms with Gasteiger partial charge in [0.1, 0.15) is 5.54 Å². The highest BCUT2D eigenvalue weighted by atomic mass is 16.2. The van der Waals surface area contributed by atoms with Gasteiger partial charge in [-0.3, -0.25) is 9.48 Å². The van der Waals surface area contributed by atoms with Crippen LogP contribution in [0.2, 0.25) is 0 Å². The molecule has 6 nitrogen and oxygen atoms in total. The summed E-state index contributed by atoms with van der Waals surface area (Å²) in [5.74, 6) is 0.246. The molecule has 1 aromatic heterocycles. The van der Waals surface area contributed by atoms with Gasteiger partial charge in [0.05, 0.1) is 0 Å². The van der Waals surface area contributed by atoms with Crippen LogP contribution in [-0.4, -0.2) is 71.8 Å². The fourth-order valence-electron chi connectivity index (χ4n) is 3.21. The van der Waals surface area contributed by atoms with Gasteiger partial charge in [0, 0.05) is 38.6 Å². The first kappa shape index (κ1) is 13.6. The minimum absolute atomic E-state index is 0.246. The van der Waals surface area contributed by atoms with Crippen LogP contribution in [0, 0.1) is 0 Å². The van der Waals surface area contributed by atoms with Crippen molar-refractivity contribution >= 4 is 5.91 Å². The molecule has 2 aliphatic rings. The van der Waals surface area contributed by atoms with Gasteiger partial charge in [-0.2, -0.15) is 5.10 Å². The van der Waals surface area contributed by atoms with E-state index in [1.54, 1.807) is 6.20 Å². The summed E-state index contributed by atoms with van der Waals surface area (Å²) in [7, 11) is 2.11. The summed E-state index contributed by atoms with van der Waals surface area (Å²) in [6.07, 6.45) is 5.33. The molecule has 1 aromatic rings. The number of carbonyl (C=O) groups excluding carboxylic acids is 1. The van der Waals surface area contributed by atoms with Crippen LogP contribution < -0.4 is 5.32 Å². The van der Waals surface area contributed by atoms with Crippen molar-refractivity contribution in [3.63, 3.8) is 0 Å². The Morgan fingerprint density at radius 2 is 1.90 bits per heavy atom. The first-order chi connectivity index (χ1) is 9.72. The number of piperazine rings is 1. The molecule has 0 aromatic carbocycles. The predicted molar refractivity (Wildman–Crippen MR) is 76.4 cm³/mol. The summed E-state index contributed by atoms with van der Waals surface area (Å²) >= 11 is 0. The molecule has 1 N–H and O–H groups in total. The zero-order valence-electron chi connectivity index (χ0n) is 12.1. The van der Waals surface area contributed by atoms with E-state index < -0.39 is 5.54 Å². The average Bonchev–Trinajstić information content (AvgIpc) is 3.03. The second kappa shape index (κ2) is 5.54. The third kappa shape index (κ3) is 2.33. The van der Waals surface area contributed by atoms with Gasteiger partial charge in [-0.1, -0.05) is 0 Å². The van der Waals surface area contributed by atoms with Gasteiger partial charge < -0.3 is 15.1 Å². The van der Waals surface area contributed by atoms with Crippen molar-refractivity contribution in [3.05, 3.63) is 18.5 Å². The molecule has 0 radical (unpaired) electrons. The van der Waals surface area contributed by atoms with Crippen LogP contribution in [-0.2, 0) is 10.3 Å². The van der Waals surface area contributed by atoms with Crippen molar-refractivity contribution in [2.24, 2.45) is 0 Å². The SMILES string of the molecule is CN1CCN(C(=O)C2(n3cccn3)CCNCC2)CC1. The molecule has 3 rings (SSSR count). The van der Waals surface area contributed by atoms with Crippen LogP contribution in [0.4, 0.5) is 0 Å². The maximum atomic E-state index is 13.1. The number of likely N-dealkylation sites (N-methyl/N-ethyl adjacent to an activating group) is 1. The molecule has 6 heteroatoms. The molecule has 0 atom stereocenters. The molecule has 2 saturated heterocycles. The van der Waals surface area contributed by atoms with E-state index in [1.165, 1.54) is 0 Å². The number of hydrogen-bond donors (Lipinski definition) is 1. The zero-order valence-corrected chi connectivity index (χ0v) is 12.1. The largest absolute Gasteiger partial charge is 0.338 e. The quantitative estimate of drug-likeness (QED) is 0.809. The molecular formula is C14H23N5O. The van der Waals surface area contributed by atoms with Crippen LogP contribution in [0.3, 0.4) is 0 Å². The van der Waals surface area contributed by atoms with E-state index in [-0.39, 0.29) is 5.91 Å². The van der Waals surface area contributed by atoms with Crippen LogP contribution in [0.25, 0.3) is 0 Å². The first-order valence-corrected chi connectivity index (χ1v) is 7.41. The fraction of sp³-hybridized carbons (Fsp3) is 0.714. The van der Waals surface area contributed by atoms with Gasteiger partial charge >= 0.3 is 0 Å². The second-order valence-corrected chi connectivity index (χ2v) is 5.83. The van der Waals surface area contributed by atoms with Gasteiger partial charge in [-0.25, -0.2) is 0 Å². The summed E-state index contributed by atoms with van der Waals surface area (Å²) in [5.41, 5.74) is -0.481. The number of aromatic nitrogens is 2. The highest BCUT2D eigenvalue weighted by Crippen LogP contribution is 2.29. The summed E-state index contributed by atoms with van der Waals surface area (Å²) in [5, 5.41) is 7.72. The Morgan fingerprint density at radius 1 is 1.20 bits per heavy atom. The third-order valence-corrected chi connectivity index (χ3v) is 4.56. The topological polar surface area (TPSA) is 53.4 Å². The Labute approximate surface area is 119 Å². The number of rotatable bonds is 2. The molecule has 0 bridgehead atoms. The highest BCUT2D eigenvalue weighted by Gasteiger charge is 2.44. The number of piperidine rings is 1. The number of nitrogens with one attached hydrogen (secondary N) is 1. The Hall–Kier alpha value is -1.40. The molecule has 2 aliphatic heterocycles. The lowest BCUT2D eigenvalue weighted by Crippen LogP contribution is -2.59. The van der Waals surface area contributed by atoms with Gasteiger partial charge in [0.25, 0.3) is 5.91 Å². The van der Waals surface area contributed by atoms with Crippen molar-refractivity contribution < 1.29 is 4.79 Å². The van der Waals surface area contributed by atoms with E-state index >= 15 is 0 Å². The van der Waals surface area contributed by atoms with Crippen molar-refractivity contribution in [2.75, 3.05) is 46.3 Å². The smallest absolute Gasteiger partial charge is 0.250 e. The predicted octanol–water partition coefficient (Wildman–Crippen LogP) is -0.264.